The van der Waals surface area contributed by atoms with Crippen LogP contribution in [0.15, 0.2) is 15.4 Å². The van der Waals surface area contributed by atoms with Gasteiger partial charge in [0, 0.05) is 0 Å². The number of nitrogens with zero attached hydrogens (tertiary/aromatic N) is 2. The number of aromatic nitrogens is 2. The van der Waals surface area contributed by atoms with Crippen LogP contribution in [0.3, 0.4) is 0 Å². The van der Waals surface area contributed by atoms with Crippen molar-refractivity contribution < 1.29 is 0 Å². The molecule has 0 bridgehead atoms. The molecule has 2 N–H and O–H groups in total. The first-order valence-electron chi connectivity index (χ1n) is 2.13. The van der Waals surface area contributed by atoms with E-state index in [1.54, 1.807) is 0 Å². The van der Waals surface area contributed by atoms with E-state index in [1.807, 2.05) is 0 Å². The predicted octanol–water partition coefficient (Wildman–Crippen LogP) is 1.58. The molecule has 0 saturated heterocycles. The lowest BCUT2D eigenvalue weighted by Crippen LogP contribution is -1.91. The smallest absolute Gasteiger partial charge is 0.143 e. The largest absolute Gasteiger partial charge is 0.382 e. The zero-order valence-corrected chi connectivity index (χ0v) is 7.48. The van der Waals surface area contributed by atoms with Crippen LogP contribution >= 0.6 is 31.9 Å². The normalized spacial score (nSPS) is 9.56. The van der Waals surface area contributed by atoms with E-state index in [0.29, 0.717) is 15.0 Å². The molecule has 48 valence electrons. The molecule has 3 nitrogen and oxygen atoms in total. The Morgan fingerprint density at radius 2 is 2.00 bits per heavy atom. The Morgan fingerprint density at radius 3 is 2.44 bits per heavy atom. The van der Waals surface area contributed by atoms with Gasteiger partial charge in [-0.25, -0.2) is 9.97 Å². The zero-order valence-electron chi connectivity index (χ0n) is 4.31. The van der Waals surface area contributed by atoms with Gasteiger partial charge in [0.1, 0.15) is 15.0 Å². The van der Waals surface area contributed by atoms with Crippen LogP contribution in [0.5, 0.6) is 0 Å². The molecule has 0 atom stereocenters. The van der Waals surface area contributed by atoms with E-state index >= 15 is 0 Å². The summed E-state index contributed by atoms with van der Waals surface area (Å²) in [5.41, 5.74) is 5.30. The van der Waals surface area contributed by atoms with Gasteiger partial charge in [-0.3, -0.25) is 0 Å². The van der Waals surface area contributed by atoms with E-state index in [-0.39, 0.29) is 0 Å². The summed E-state index contributed by atoms with van der Waals surface area (Å²) in [6.45, 7) is 0. The van der Waals surface area contributed by atoms with Gasteiger partial charge in [0.25, 0.3) is 0 Å². The number of halogens is 2. The second-order valence-electron chi connectivity index (χ2n) is 1.38. The first-order valence-corrected chi connectivity index (χ1v) is 3.72. The predicted molar refractivity (Wildman–Crippen MR) is 41.8 cm³/mol. The van der Waals surface area contributed by atoms with Gasteiger partial charge in [0.05, 0.1) is 6.20 Å². The van der Waals surface area contributed by atoms with Crippen LogP contribution in [0.4, 0.5) is 5.82 Å². The summed E-state index contributed by atoms with van der Waals surface area (Å²) in [4.78, 5) is 7.72. The third-order valence-corrected chi connectivity index (χ3v) is 2.37. The zero-order chi connectivity index (χ0) is 6.85. The molecular formula is C4H3Br2N3. The SMILES string of the molecule is Nc1cnc(Br)c(Br)n1. The van der Waals surface area contributed by atoms with Crippen molar-refractivity contribution in [1.82, 2.24) is 9.97 Å². The van der Waals surface area contributed by atoms with Crippen molar-refractivity contribution in [3.05, 3.63) is 15.4 Å². The van der Waals surface area contributed by atoms with Crippen molar-refractivity contribution in [3.63, 3.8) is 0 Å². The lowest BCUT2D eigenvalue weighted by atomic mass is 10.7. The van der Waals surface area contributed by atoms with E-state index in [4.69, 9.17) is 5.73 Å². The third kappa shape index (κ3) is 1.62. The fourth-order valence-electron chi connectivity index (χ4n) is 0.364. The van der Waals surface area contributed by atoms with Crippen molar-refractivity contribution >= 4 is 37.7 Å². The molecule has 0 radical (unpaired) electrons. The second-order valence-corrected chi connectivity index (χ2v) is 2.88. The minimum atomic E-state index is 0.407. The molecule has 1 aromatic rings. The number of anilines is 1. The summed E-state index contributed by atoms with van der Waals surface area (Å²) in [5.74, 6) is 0.407. The highest BCUT2D eigenvalue weighted by Crippen LogP contribution is 2.17. The number of hydrogen-bond acceptors (Lipinski definition) is 3. The van der Waals surface area contributed by atoms with Crippen LogP contribution in [-0.2, 0) is 0 Å². The van der Waals surface area contributed by atoms with Gasteiger partial charge < -0.3 is 5.73 Å². The van der Waals surface area contributed by atoms with Gasteiger partial charge >= 0.3 is 0 Å². The Bertz CT molecular complexity index is 225. The number of nitrogen functional groups attached to an aromatic ring is 1. The molecular weight excluding hydrogens is 250 g/mol. The molecule has 0 aliphatic heterocycles. The summed E-state index contributed by atoms with van der Waals surface area (Å²) in [7, 11) is 0. The van der Waals surface area contributed by atoms with Crippen LogP contribution in [0, 0.1) is 0 Å². The number of nitrogens with two attached hydrogens (primary N) is 1. The van der Waals surface area contributed by atoms with E-state index in [0.717, 1.165) is 0 Å². The minimum absolute atomic E-state index is 0.407. The van der Waals surface area contributed by atoms with Gasteiger partial charge in [0.2, 0.25) is 0 Å². The van der Waals surface area contributed by atoms with Gasteiger partial charge in [-0.2, -0.15) is 0 Å². The molecule has 0 fully saturated rings. The molecule has 0 aromatic carbocycles. The Balaban J connectivity index is 3.17. The molecule has 1 aromatic heterocycles. The van der Waals surface area contributed by atoms with Gasteiger partial charge in [-0.15, -0.1) is 0 Å². The van der Waals surface area contributed by atoms with Gasteiger partial charge in [0.15, 0.2) is 0 Å². The van der Waals surface area contributed by atoms with E-state index in [2.05, 4.69) is 41.8 Å². The van der Waals surface area contributed by atoms with Crippen molar-refractivity contribution in [3.8, 4) is 0 Å². The Labute approximate surface area is 68.9 Å². The molecule has 9 heavy (non-hydrogen) atoms. The van der Waals surface area contributed by atoms with Crippen LogP contribution in [0.2, 0.25) is 0 Å². The maximum atomic E-state index is 5.30. The van der Waals surface area contributed by atoms with Crippen molar-refractivity contribution in [1.29, 1.82) is 0 Å². The molecule has 1 heterocycles. The molecule has 5 heteroatoms. The Kier molecular flexibility index (Phi) is 2.02. The lowest BCUT2D eigenvalue weighted by Gasteiger charge is -1.93. The first kappa shape index (κ1) is 6.95. The van der Waals surface area contributed by atoms with Crippen LogP contribution in [-0.4, -0.2) is 9.97 Å². The quantitative estimate of drug-likeness (QED) is 0.763. The van der Waals surface area contributed by atoms with E-state index in [9.17, 15) is 0 Å². The molecule has 0 spiro atoms. The molecule has 1 rings (SSSR count). The fraction of sp³-hybridized carbons (Fsp3) is 0. The maximum absolute atomic E-state index is 5.30. The second kappa shape index (κ2) is 2.62. The highest BCUT2D eigenvalue weighted by Gasteiger charge is 1.96. The summed E-state index contributed by atoms with van der Waals surface area (Å²) in [5, 5.41) is 0. The van der Waals surface area contributed by atoms with Crippen molar-refractivity contribution in [2.24, 2.45) is 0 Å². The summed E-state index contributed by atoms with van der Waals surface area (Å²) in [6.07, 6.45) is 1.48. The fourth-order valence-corrected chi connectivity index (χ4v) is 0.863. The van der Waals surface area contributed by atoms with Crippen molar-refractivity contribution in [2.75, 3.05) is 5.73 Å². The van der Waals surface area contributed by atoms with Crippen LogP contribution in [0.25, 0.3) is 0 Å². The average Bonchev–Trinajstić information content (AvgIpc) is 1.80. The Morgan fingerprint density at radius 1 is 1.33 bits per heavy atom. The monoisotopic (exact) mass is 251 g/mol. The van der Waals surface area contributed by atoms with Gasteiger partial charge in [-0.1, -0.05) is 0 Å². The van der Waals surface area contributed by atoms with E-state index < -0.39 is 0 Å². The highest BCUT2D eigenvalue weighted by molar-refractivity contribution is 9.13. The van der Waals surface area contributed by atoms with Gasteiger partial charge in [-0.05, 0) is 31.9 Å². The maximum Gasteiger partial charge on any atom is 0.143 e. The first-order chi connectivity index (χ1) is 4.20. The molecule has 0 aliphatic carbocycles. The highest BCUT2D eigenvalue weighted by atomic mass is 79.9. The molecule has 0 aliphatic rings. The molecule has 0 saturated carbocycles. The minimum Gasteiger partial charge on any atom is -0.382 e. The average molecular weight is 253 g/mol. The standard InChI is InChI=1S/C4H3Br2N3/c5-3-4(6)9-2(7)1-8-3/h1H,(H2,7,9). The number of rotatable bonds is 0. The lowest BCUT2D eigenvalue weighted by molar-refractivity contribution is 1.14. The molecule has 0 amide bonds. The summed E-state index contributed by atoms with van der Waals surface area (Å²) in [6, 6.07) is 0. The topological polar surface area (TPSA) is 51.8 Å². The summed E-state index contributed by atoms with van der Waals surface area (Å²) >= 11 is 6.30. The van der Waals surface area contributed by atoms with Crippen LogP contribution in [0.1, 0.15) is 0 Å². The third-order valence-electron chi connectivity index (χ3n) is 0.708. The molecule has 0 unspecified atom stereocenters. The summed E-state index contributed by atoms with van der Waals surface area (Å²) < 4.78 is 1.29. The number of hydrogen-bond donors (Lipinski definition) is 1. The van der Waals surface area contributed by atoms with E-state index in [1.165, 1.54) is 6.20 Å². The van der Waals surface area contributed by atoms with Crippen molar-refractivity contribution in [2.45, 2.75) is 0 Å². The van der Waals surface area contributed by atoms with Crippen LogP contribution < -0.4 is 5.73 Å². The Hall–Kier alpha value is -0.160.